The standard InChI is InChI=1S/C20H24N4O3S/c1-6-27-19(26)11-23-16-7-12(2)13(3)8-17(16)28-20(23)21-18(25)10-24-15(5)9-14(4)22-24/h7-9H,6,10-11H2,1-5H3. The zero-order valence-corrected chi connectivity index (χ0v) is 17.6. The van der Waals surface area contributed by atoms with Crippen molar-refractivity contribution >= 4 is 33.4 Å². The summed E-state index contributed by atoms with van der Waals surface area (Å²) in [4.78, 5) is 29.4. The molecule has 0 atom stereocenters. The number of aryl methyl sites for hydroxylation is 4. The number of nitrogens with zero attached hydrogens (tertiary/aromatic N) is 4. The average Bonchev–Trinajstić information content (AvgIpc) is 3.08. The summed E-state index contributed by atoms with van der Waals surface area (Å²) in [6, 6.07) is 5.99. The second-order valence-electron chi connectivity index (χ2n) is 6.77. The van der Waals surface area contributed by atoms with Crippen molar-refractivity contribution in [1.29, 1.82) is 0 Å². The van der Waals surface area contributed by atoms with Gasteiger partial charge in [0.15, 0.2) is 4.80 Å². The molecule has 0 saturated heterocycles. The maximum atomic E-state index is 12.6. The minimum Gasteiger partial charge on any atom is -0.465 e. The van der Waals surface area contributed by atoms with Gasteiger partial charge in [-0.2, -0.15) is 10.1 Å². The molecule has 0 N–H and O–H groups in total. The van der Waals surface area contributed by atoms with Gasteiger partial charge in [-0.3, -0.25) is 14.3 Å². The summed E-state index contributed by atoms with van der Waals surface area (Å²) in [5.41, 5.74) is 4.90. The minimum absolute atomic E-state index is 0.0162. The van der Waals surface area contributed by atoms with Crippen LogP contribution >= 0.6 is 11.3 Å². The third-order valence-electron chi connectivity index (χ3n) is 4.50. The lowest BCUT2D eigenvalue weighted by Crippen LogP contribution is -2.24. The Morgan fingerprint density at radius 1 is 1.11 bits per heavy atom. The number of fused-ring (bicyclic) bond motifs is 1. The number of thiazole rings is 1. The molecule has 1 aromatic carbocycles. The predicted octanol–water partition coefficient (Wildman–Crippen LogP) is 2.82. The number of ether oxygens (including phenoxy) is 1. The first-order valence-corrected chi connectivity index (χ1v) is 9.95. The fourth-order valence-electron chi connectivity index (χ4n) is 3.00. The molecule has 3 rings (SSSR count). The number of amides is 1. The van der Waals surface area contributed by atoms with Crippen molar-refractivity contribution in [1.82, 2.24) is 14.3 Å². The quantitative estimate of drug-likeness (QED) is 0.617. The number of benzene rings is 1. The van der Waals surface area contributed by atoms with Crippen LogP contribution in [0.5, 0.6) is 0 Å². The smallest absolute Gasteiger partial charge is 0.326 e. The SMILES string of the molecule is CCOC(=O)Cn1c(=NC(=O)Cn2nc(C)cc2C)sc2cc(C)c(C)cc21. The third kappa shape index (κ3) is 4.22. The lowest BCUT2D eigenvalue weighted by atomic mass is 10.1. The second-order valence-corrected chi connectivity index (χ2v) is 7.78. The number of esters is 1. The Morgan fingerprint density at radius 2 is 1.82 bits per heavy atom. The molecule has 28 heavy (non-hydrogen) atoms. The van der Waals surface area contributed by atoms with Gasteiger partial charge in [-0.15, -0.1) is 0 Å². The molecule has 0 bridgehead atoms. The first-order valence-electron chi connectivity index (χ1n) is 9.13. The van der Waals surface area contributed by atoms with E-state index in [0.717, 1.165) is 32.7 Å². The number of carbonyl (C=O) groups is 2. The van der Waals surface area contributed by atoms with E-state index in [1.807, 2.05) is 39.8 Å². The summed E-state index contributed by atoms with van der Waals surface area (Å²) in [5.74, 6) is -0.670. The number of hydrogen-bond acceptors (Lipinski definition) is 5. The Balaban J connectivity index is 2.04. The summed E-state index contributed by atoms with van der Waals surface area (Å²) in [6.07, 6.45) is 0. The fraction of sp³-hybridized carbons (Fsp3) is 0.400. The molecule has 1 amide bonds. The molecule has 0 saturated carbocycles. The molecule has 3 aromatic rings. The lowest BCUT2D eigenvalue weighted by Gasteiger charge is -2.06. The van der Waals surface area contributed by atoms with Gasteiger partial charge in [0.1, 0.15) is 13.1 Å². The molecule has 0 radical (unpaired) electrons. The molecule has 148 valence electrons. The summed E-state index contributed by atoms with van der Waals surface area (Å²) >= 11 is 1.39. The van der Waals surface area contributed by atoms with Crippen LogP contribution in [0.2, 0.25) is 0 Å². The van der Waals surface area contributed by atoms with Gasteiger partial charge in [0.05, 0.1) is 22.5 Å². The minimum atomic E-state index is -0.354. The number of aromatic nitrogens is 3. The van der Waals surface area contributed by atoms with Gasteiger partial charge in [-0.05, 0) is 63.9 Å². The molecule has 0 aliphatic heterocycles. The Morgan fingerprint density at radius 3 is 2.46 bits per heavy atom. The Hall–Kier alpha value is -2.74. The normalized spacial score (nSPS) is 12.0. The van der Waals surface area contributed by atoms with Crippen LogP contribution in [0.1, 0.15) is 29.4 Å². The Bertz CT molecular complexity index is 1120. The lowest BCUT2D eigenvalue weighted by molar-refractivity contribution is -0.143. The van der Waals surface area contributed by atoms with E-state index in [-0.39, 0.29) is 25.0 Å². The van der Waals surface area contributed by atoms with Gasteiger partial charge in [0, 0.05) is 5.69 Å². The number of rotatable bonds is 5. The molecule has 0 spiro atoms. The van der Waals surface area contributed by atoms with E-state index in [9.17, 15) is 9.59 Å². The van der Waals surface area contributed by atoms with Gasteiger partial charge in [-0.1, -0.05) is 11.3 Å². The van der Waals surface area contributed by atoms with Crippen molar-refractivity contribution in [3.05, 3.63) is 45.5 Å². The van der Waals surface area contributed by atoms with Crippen molar-refractivity contribution in [3.8, 4) is 0 Å². The molecule has 2 heterocycles. The van der Waals surface area contributed by atoms with E-state index in [1.54, 1.807) is 16.2 Å². The van der Waals surface area contributed by atoms with Crippen LogP contribution in [0.3, 0.4) is 0 Å². The van der Waals surface area contributed by atoms with E-state index in [1.165, 1.54) is 11.3 Å². The molecule has 7 nitrogen and oxygen atoms in total. The van der Waals surface area contributed by atoms with Crippen molar-refractivity contribution in [2.45, 2.75) is 47.7 Å². The molecule has 8 heteroatoms. The molecule has 0 unspecified atom stereocenters. The van der Waals surface area contributed by atoms with Gasteiger partial charge >= 0.3 is 5.97 Å². The molecule has 2 aromatic heterocycles. The Kier molecular flexibility index (Phi) is 5.79. The van der Waals surface area contributed by atoms with E-state index in [0.29, 0.717) is 11.4 Å². The fourth-order valence-corrected chi connectivity index (χ4v) is 4.13. The monoisotopic (exact) mass is 400 g/mol. The van der Waals surface area contributed by atoms with Crippen molar-refractivity contribution in [2.24, 2.45) is 4.99 Å². The molecular weight excluding hydrogens is 376 g/mol. The molecule has 0 aliphatic carbocycles. The summed E-state index contributed by atoms with van der Waals surface area (Å²) in [6.45, 7) is 10.00. The van der Waals surface area contributed by atoms with Gasteiger partial charge in [0.25, 0.3) is 5.91 Å². The third-order valence-corrected chi connectivity index (χ3v) is 5.54. The Labute approximate surface area is 167 Å². The van der Waals surface area contributed by atoms with Crippen LogP contribution in [-0.2, 0) is 27.4 Å². The first kappa shape index (κ1) is 20.0. The van der Waals surface area contributed by atoms with Crippen molar-refractivity contribution in [3.63, 3.8) is 0 Å². The molecular formula is C20H24N4O3S. The maximum absolute atomic E-state index is 12.6. The zero-order chi connectivity index (χ0) is 20.4. The van der Waals surface area contributed by atoms with Gasteiger partial charge in [0.2, 0.25) is 0 Å². The average molecular weight is 401 g/mol. The van der Waals surface area contributed by atoms with Crippen LogP contribution in [0.4, 0.5) is 0 Å². The highest BCUT2D eigenvalue weighted by Gasteiger charge is 2.14. The second kappa shape index (κ2) is 8.10. The number of carbonyl (C=O) groups excluding carboxylic acids is 2. The van der Waals surface area contributed by atoms with E-state index in [4.69, 9.17) is 4.74 Å². The van der Waals surface area contributed by atoms with Crippen LogP contribution in [0.15, 0.2) is 23.2 Å². The maximum Gasteiger partial charge on any atom is 0.326 e. The van der Waals surface area contributed by atoms with Crippen LogP contribution in [-0.4, -0.2) is 32.8 Å². The predicted molar refractivity (Wildman–Crippen MR) is 108 cm³/mol. The topological polar surface area (TPSA) is 78.5 Å². The zero-order valence-electron chi connectivity index (χ0n) is 16.8. The molecule has 0 fully saturated rings. The highest BCUT2D eigenvalue weighted by molar-refractivity contribution is 7.16. The highest BCUT2D eigenvalue weighted by Crippen LogP contribution is 2.22. The van der Waals surface area contributed by atoms with Crippen LogP contribution in [0, 0.1) is 27.7 Å². The van der Waals surface area contributed by atoms with Crippen LogP contribution in [0.25, 0.3) is 10.2 Å². The highest BCUT2D eigenvalue weighted by atomic mass is 32.1. The summed E-state index contributed by atoms with van der Waals surface area (Å²) in [7, 11) is 0. The van der Waals surface area contributed by atoms with E-state index >= 15 is 0 Å². The van der Waals surface area contributed by atoms with E-state index < -0.39 is 0 Å². The van der Waals surface area contributed by atoms with Crippen LogP contribution < -0.4 is 4.80 Å². The first-order chi connectivity index (χ1) is 13.3. The molecule has 0 aliphatic rings. The van der Waals surface area contributed by atoms with Crippen molar-refractivity contribution in [2.75, 3.05) is 6.61 Å². The van der Waals surface area contributed by atoms with E-state index in [2.05, 4.69) is 16.2 Å². The summed E-state index contributed by atoms with van der Waals surface area (Å²) < 4.78 is 9.46. The largest absolute Gasteiger partial charge is 0.465 e. The van der Waals surface area contributed by atoms with Gasteiger partial charge in [-0.25, -0.2) is 0 Å². The number of hydrogen-bond donors (Lipinski definition) is 0. The van der Waals surface area contributed by atoms with Crippen molar-refractivity contribution < 1.29 is 14.3 Å². The summed E-state index contributed by atoms with van der Waals surface area (Å²) in [5, 5.41) is 4.31. The van der Waals surface area contributed by atoms with Gasteiger partial charge < -0.3 is 9.30 Å².